The molecule has 0 aromatic carbocycles. The van der Waals surface area contributed by atoms with Crippen LogP contribution in [0.2, 0.25) is 0 Å². The molecule has 428 valence electrons. The van der Waals surface area contributed by atoms with Crippen molar-refractivity contribution in [3.05, 3.63) is 158 Å². The van der Waals surface area contributed by atoms with E-state index in [2.05, 4.69) is 172 Å². The number of allylic oxidation sites excluding steroid dienone is 26. The smallest absolute Gasteiger partial charge is 0.306 e. The second kappa shape index (κ2) is 64.8. The molecule has 0 aromatic rings. The molecule has 0 saturated heterocycles. The van der Waals surface area contributed by atoms with Gasteiger partial charge in [0.25, 0.3) is 0 Å². The Bertz CT molecular complexity index is 1660. The standard InChI is InChI=1S/C71H114O5/c1-3-5-7-9-11-13-15-17-19-21-23-25-27-29-30-31-32-33-34-35-36-37-38-39-40-42-43-45-47-49-51-53-55-57-59-61-63-65-70(73)75-68-69(67-72)76-71(74)66-64-62-60-58-56-54-52-50-48-46-44-41-28-26-24-22-20-18-16-14-12-10-8-6-4-2/h5-8,11-14,17-20,23-26,29-30,32-33,41,44,48,50,54,56,69,72H,3-4,9-10,15-16,21-22,27-28,31,34-40,42-43,45-47,49,51-53,55,57-68H2,1-2H3/b7-5-,8-6-,13-11-,14-12-,19-17-,20-18-,25-23-,26-24-,30-29-,33-32-,44-41-,50-48-,56-54-. The van der Waals surface area contributed by atoms with E-state index in [1.54, 1.807) is 0 Å². The first-order valence-corrected chi connectivity index (χ1v) is 31.0. The summed E-state index contributed by atoms with van der Waals surface area (Å²) >= 11 is 0. The maximum Gasteiger partial charge on any atom is 0.306 e. The fraction of sp³-hybridized carbons (Fsp3) is 0.606. The normalized spacial score (nSPS) is 13.4. The highest BCUT2D eigenvalue weighted by atomic mass is 16.6. The SMILES string of the molecule is CC/C=C\C/C=C\C/C=C\C/C=C\C/C=C\C/C=C\C/C=C\CCCCCC(=O)OC(CO)COC(=O)CCCCCCCCCCCCCCCCCCCC/C=C\C/C=C\C/C=C\C/C=C\C/C=C\C/C=C\CC. The number of rotatable bonds is 55. The van der Waals surface area contributed by atoms with Crippen LogP contribution >= 0.6 is 0 Å². The molecular formula is C71H114O5. The number of carbonyl (C=O) groups is 2. The Labute approximate surface area is 469 Å². The van der Waals surface area contributed by atoms with E-state index in [0.29, 0.717) is 12.8 Å². The molecule has 0 spiro atoms. The molecule has 1 unspecified atom stereocenters. The van der Waals surface area contributed by atoms with Gasteiger partial charge in [-0.25, -0.2) is 0 Å². The molecule has 5 nitrogen and oxygen atoms in total. The van der Waals surface area contributed by atoms with Crippen LogP contribution < -0.4 is 0 Å². The summed E-state index contributed by atoms with van der Waals surface area (Å²) in [6, 6.07) is 0. The molecule has 0 amide bonds. The van der Waals surface area contributed by atoms with E-state index in [0.717, 1.165) is 128 Å². The first-order chi connectivity index (χ1) is 37.6. The van der Waals surface area contributed by atoms with Gasteiger partial charge in [-0.3, -0.25) is 9.59 Å². The second-order valence-corrected chi connectivity index (χ2v) is 20.0. The van der Waals surface area contributed by atoms with Gasteiger partial charge in [0.1, 0.15) is 6.61 Å². The molecule has 0 bridgehead atoms. The monoisotopic (exact) mass is 1050 g/mol. The van der Waals surface area contributed by atoms with E-state index < -0.39 is 6.10 Å². The van der Waals surface area contributed by atoms with Gasteiger partial charge in [0.15, 0.2) is 6.10 Å². The van der Waals surface area contributed by atoms with Crippen LogP contribution in [0.4, 0.5) is 0 Å². The number of aliphatic hydroxyl groups excluding tert-OH is 1. The van der Waals surface area contributed by atoms with Gasteiger partial charge in [0.05, 0.1) is 6.61 Å². The molecule has 0 rings (SSSR count). The van der Waals surface area contributed by atoms with Gasteiger partial charge >= 0.3 is 11.9 Å². The molecule has 0 aromatic heterocycles. The zero-order valence-electron chi connectivity index (χ0n) is 49.0. The number of esters is 2. The summed E-state index contributed by atoms with van der Waals surface area (Å²) in [4.78, 5) is 24.6. The summed E-state index contributed by atoms with van der Waals surface area (Å²) in [7, 11) is 0. The van der Waals surface area contributed by atoms with Crippen LogP contribution in [0.3, 0.4) is 0 Å². The highest BCUT2D eigenvalue weighted by Gasteiger charge is 2.16. The number of hydrogen-bond donors (Lipinski definition) is 1. The van der Waals surface area contributed by atoms with Gasteiger partial charge in [-0.05, 0) is 122 Å². The number of hydrogen-bond acceptors (Lipinski definition) is 5. The Balaban J connectivity index is 3.55. The minimum atomic E-state index is -0.801. The Morgan fingerprint density at radius 3 is 0.803 bits per heavy atom. The zero-order valence-corrected chi connectivity index (χ0v) is 49.0. The maximum atomic E-state index is 12.3. The second-order valence-electron chi connectivity index (χ2n) is 20.0. The van der Waals surface area contributed by atoms with Crippen LogP contribution in [0.5, 0.6) is 0 Å². The first kappa shape index (κ1) is 71.5. The van der Waals surface area contributed by atoms with Crippen molar-refractivity contribution >= 4 is 11.9 Å². The van der Waals surface area contributed by atoms with Crippen molar-refractivity contribution in [3.63, 3.8) is 0 Å². The van der Waals surface area contributed by atoms with Gasteiger partial charge < -0.3 is 14.6 Å². The number of carbonyl (C=O) groups excluding carboxylic acids is 2. The van der Waals surface area contributed by atoms with Gasteiger partial charge in [-0.1, -0.05) is 281 Å². The molecule has 0 aliphatic carbocycles. The molecule has 0 aliphatic heterocycles. The van der Waals surface area contributed by atoms with Crippen LogP contribution in [0, 0.1) is 0 Å². The third-order valence-corrected chi connectivity index (χ3v) is 12.8. The van der Waals surface area contributed by atoms with E-state index in [1.807, 2.05) is 0 Å². The Hall–Kier alpha value is -4.48. The van der Waals surface area contributed by atoms with Crippen molar-refractivity contribution in [2.75, 3.05) is 13.2 Å². The van der Waals surface area contributed by atoms with Crippen LogP contribution in [-0.4, -0.2) is 36.4 Å². The van der Waals surface area contributed by atoms with Crippen molar-refractivity contribution in [3.8, 4) is 0 Å². The summed E-state index contributed by atoms with van der Waals surface area (Å²) in [6.07, 6.45) is 99.5. The third-order valence-electron chi connectivity index (χ3n) is 12.8. The molecule has 5 heteroatoms. The topological polar surface area (TPSA) is 72.8 Å². The third kappa shape index (κ3) is 62.1. The highest BCUT2D eigenvalue weighted by Crippen LogP contribution is 2.16. The van der Waals surface area contributed by atoms with Crippen molar-refractivity contribution in [1.29, 1.82) is 0 Å². The molecular weight excluding hydrogens is 933 g/mol. The zero-order chi connectivity index (χ0) is 54.8. The lowest BCUT2D eigenvalue weighted by atomic mass is 10.0. The van der Waals surface area contributed by atoms with Crippen LogP contribution in [0.1, 0.15) is 258 Å². The van der Waals surface area contributed by atoms with E-state index in [-0.39, 0.29) is 25.2 Å². The van der Waals surface area contributed by atoms with Crippen LogP contribution in [0.25, 0.3) is 0 Å². The van der Waals surface area contributed by atoms with E-state index >= 15 is 0 Å². The largest absolute Gasteiger partial charge is 0.462 e. The lowest BCUT2D eigenvalue weighted by molar-refractivity contribution is -0.161. The molecule has 0 fully saturated rings. The predicted molar refractivity (Wildman–Crippen MR) is 334 cm³/mol. The molecule has 0 aliphatic rings. The highest BCUT2D eigenvalue weighted by molar-refractivity contribution is 5.70. The number of unbranched alkanes of at least 4 members (excludes halogenated alkanes) is 21. The summed E-state index contributed by atoms with van der Waals surface area (Å²) in [5.41, 5.74) is 0. The van der Waals surface area contributed by atoms with Crippen LogP contribution in [-0.2, 0) is 19.1 Å². The van der Waals surface area contributed by atoms with Gasteiger partial charge in [0, 0.05) is 12.8 Å². The molecule has 1 N–H and O–H groups in total. The molecule has 76 heavy (non-hydrogen) atoms. The van der Waals surface area contributed by atoms with Crippen molar-refractivity contribution in [1.82, 2.24) is 0 Å². The fourth-order valence-electron chi connectivity index (χ4n) is 8.25. The Morgan fingerprint density at radius 2 is 0.526 bits per heavy atom. The average molecular weight is 1050 g/mol. The van der Waals surface area contributed by atoms with E-state index in [1.165, 1.54) is 103 Å². The summed E-state index contributed by atoms with van der Waals surface area (Å²) in [5, 5.41) is 9.67. The van der Waals surface area contributed by atoms with Crippen molar-refractivity contribution < 1.29 is 24.2 Å². The van der Waals surface area contributed by atoms with E-state index in [9.17, 15) is 14.7 Å². The Morgan fingerprint density at radius 1 is 0.303 bits per heavy atom. The Kier molecular flexibility index (Phi) is 61.0. The number of aliphatic hydroxyl groups is 1. The molecule has 0 saturated carbocycles. The minimum Gasteiger partial charge on any atom is -0.462 e. The fourth-order valence-corrected chi connectivity index (χ4v) is 8.25. The summed E-state index contributed by atoms with van der Waals surface area (Å²) in [5.74, 6) is -0.633. The number of ether oxygens (including phenoxy) is 2. The van der Waals surface area contributed by atoms with Gasteiger partial charge in [-0.2, -0.15) is 0 Å². The molecule has 0 radical (unpaired) electrons. The molecule has 1 atom stereocenters. The minimum absolute atomic E-state index is 0.0874. The maximum absolute atomic E-state index is 12.3. The lowest BCUT2D eigenvalue weighted by Gasteiger charge is -2.15. The predicted octanol–water partition coefficient (Wildman–Crippen LogP) is 21.5. The van der Waals surface area contributed by atoms with Gasteiger partial charge in [-0.15, -0.1) is 0 Å². The van der Waals surface area contributed by atoms with E-state index in [4.69, 9.17) is 9.47 Å². The van der Waals surface area contributed by atoms with Crippen molar-refractivity contribution in [2.24, 2.45) is 0 Å². The first-order valence-electron chi connectivity index (χ1n) is 31.0. The summed E-state index contributed by atoms with van der Waals surface area (Å²) in [6.45, 7) is 3.89. The quantitative estimate of drug-likeness (QED) is 0.0373. The van der Waals surface area contributed by atoms with Crippen LogP contribution in [0.15, 0.2) is 158 Å². The van der Waals surface area contributed by atoms with Crippen molar-refractivity contribution in [2.45, 2.75) is 264 Å². The molecule has 0 heterocycles. The van der Waals surface area contributed by atoms with Gasteiger partial charge in [0.2, 0.25) is 0 Å². The summed E-state index contributed by atoms with van der Waals surface area (Å²) < 4.78 is 10.7. The average Bonchev–Trinajstić information content (AvgIpc) is 3.42. The lowest BCUT2D eigenvalue weighted by Crippen LogP contribution is -2.28.